The molecule has 1 atom stereocenters. The van der Waals surface area contributed by atoms with Gasteiger partial charge in [0.15, 0.2) is 5.78 Å². The fourth-order valence-corrected chi connectivity index (χ4v) is 3.70. The summed E-state index contributed by atoms with van der Waals surface area (Å²) in [5, 5.41) is 15.0. The van der Waals surface area contributed by atoms with Crippen LogP contribution in [0.25, 0.3) is 5.69 Å². The maximum absolute atomic E-state index is 12.9. The second kappa shape index (κ2) is 9.21. The van der Waals surface area contributed by atoms with Crippen molar-refractivity contribution in [2.75, 3.05) is 5.32 Å². The number of carbonyl (C=O) groups is 2. The molecule has 0 fully saturated rings. The number of hydrogen-bond donors (Lipinski definition) is 1. The van der Waals surface area contributed by atoms with E-state index < -0.39 is 0 Å². The second-order valence-electron chi connectivity index (χ2n) is 7.44. The van der Waals surface area contributed by atoms with E-state index in [1.807, 2.05) is 52.8 Å². The van der Waals surface area contributed by atoms with Gasteiger partial charge in [0.2, 0.25) is 11.1 Å². The zero-order valence-electron chi connectivity index (χ0n) is 17.7. The van der Waals surface area contributed by atoms with Crippen LogP contribution in [0.4, 0.5) is 5.69 Å². The van der Waals surface area contributed by atoms with Crippen molar-refractivity contribution in [2.45, 2.75) is 45.0 Å². The van der Waals surface area contributed by atoms with Crippen LogP contribution in [0.3, 0.4) is 0 Å². The molecule has 1 unspecified atom stereocenters. The molecule has 0 aliphatic heterocycles. The molecule has 3 rings (SSSR count). The van der Waals surface area contributed by atoms with Gasteiger partial charge in [-0.05, 0) is 72.7 Å². The lowest BCUT2D eigenvalue weighted by Crippen LogP contribution is -2.18. The van der Waals surface area contributed by atoms with Gasteiger partial charge in [-0.15, -0.1) is 5.10 Å². The molecule has 0 bridgehead atoms. The molecule has 2 aromatic carbocycles. The lowest BCUT2D eigenvalue weighted by atomic mass is 10.1. The van der Waals surface area contributed by atoms with Crippen LogP contribution < -0.4 is 5.32 Å². The van der Waals surface area contributed by atoms with Gasteiger partial charge in [0.25, 0.3) is 0 Å². The molecule has 0 saturated heterocycles. The van der Waals surface area contributed by atoms with Crippen molar-refractivity contribution >= 4 is 29.1 Å². The average Bonchev–Trinajstić information content (AvgIpc) is 3.17. The topological polar surface area (TPSA) is 89.8 Å². The van der Waals surface area contributed by atoms with Crippen LogP contribution in [0.15, 0.2) is 47.6 Å². The van der Waals surface area contributed by atoms with Gasteiger partial charge in [0.1, 0.15) is 0 Å². The lowest BCUT2D eigenvalue weighted by molar-refractivity contribution is -0.118. The zero-order valence-corrected chi connectivity index (χ0v) is 18.5. The summed E-state index contributed by atoms with van der Waals surface area (Å²) in [5.74, 6) is -0.195. The van der Waals surface area contributed by atoms with Gasteiger partial charge >= 0.3 is 0 Å². The van der Waals surface area contributed by atoms with Crippen molar-refractivity contribution in [1.29, 1.82) is 0 Å². The van der Waals surface area contributed by atoms with Crippen molar-refractivity contribution in [1.82, 2.24) is 20.2 Å². The van der Waals surface area contributed by atoms with Crippen LogP contribution in [0.1, 0.15) is 42.3 Å². The Morgan fingerprint density at radius 1 is 1.03 bits per heavy atom. The maximum Gasteiger partial charge on any atom is 0.226 e. The Morgan fingerprint density at radius 3 is 2.40 bits per heavy atom. The van der Waals surface area contributed by atoms with Gasteiger partial charge in [-0.2, -0.15) is 4.68 Å². The summed E-state index contributed by atoms with van der Waals surface area (Å²) >= 11 is 1.32. The Morgan fingerprint density at radius 2 is 1.73 bits per heavy atom. The molecule has 0 saturated carbocycles. The fraction of sp³-hybridized carbons (Fsp3) is 0.318. The Balaban J connectivity index is 1.73. The molecular weight excluding hydrogens is 398 g/mol. The summed E-state index contributed by atoms with van der Waals surface area (Å²) < 4.78 is 1.67. The molecule has 30 heavy (non-hydrogen) atoms. The van der Waals surface area contributed by atoms with Crippen molar-refractivity contribution < 1.29 is 9.59 Å². The van der Waals surface area contributed by atoms with Gasteiger partial charge in [-0.3, -0.25) is 9.59 Å². The number of anilines is 1. The van der Waals surface area contributed by atoms with Gasteiger partial charge in [0.05, 0.1) is 10.9 Å². The van der Waals surface area contributed by atoms with E-state index in [0.29, 0.717) is 16.4 Å². The third kappa shape index (κ3) is 4.76. The molecule has 0 aliphatic carbocycles. The monoisotopic (exact) mass is 423 g/mol. The highest BCUT2D eigenvalue weighted by molar-refractivity contribution is 8.00. The first kappa shape index (κ1) is 21.7. The number of thioether (sulfide) groups is 1. The van der Waals surface area contributed by atoms with E-state index in [4.69, 9.17) is 0 Å². The van der Waals surface area contributed by atoms with Crippen molar-refractivity contribution in [3.63, 3.8) is 0 Å². The maximum atomic E-state index is 12.9. The van der Waals surface area contributed by atoms with E-state index in [1.54, 1.807) is 28.9 Å². The van der Waals surface area contributed by atoms with Gasteiger partial charge in [0, 0.05) is 17.2 Å². The first-order valence-electron chi connectivity index (χ1n) is 9.74. The molecule has 1 N–H and O–H groups in total. The average molecular weight is 424 g/mol. The van der Waals surface area contributed by atoms with E-state index in [2.05, 4.69) is 20.8 Å². The number of tetrazole rings is 1. The molecule has 0 spiro atoms. The molecule has 3 aromatic rings. The number of rotatable bonds is 7. The number of nitrogens with zero attached hydrogens (tertiary/aromatic N) is 4. The molecule has 0 aliphatic rings. The number of benzene rings is 2. The minimum Gasteiger partial charge on any atom is -0.326 e. The summed E-state index contributed by atoms with van der Waals surface area (Å²) in [4.78, 5) is 24.7. The number of nitrogens with one attached hydrogen (secondary N) is 1. The number of amides is 1. The van der Waals surface area contributed by atoms with E-state index in [1.165, 1.54) is 11.8 Å². The summed E-state index contributed by atoms with van der Waals surface area (Å²) in [6.45, 7) is 9.56. The molecule has 0 radical (unpaired) electrons. The Kier molecular flexibility index (Phi) is 6.66. The van der Waals surface area contributed by atoms with Crippen LogP contribution >= 0.6 is 11.8 Å². The molecule has 1 amide bonds. The van der Waals surface area contributed by atoms with E-state index in [9.17, 15) is 9.59 Å². The van der Waals surface area contributed by atoms with Crippen LogP contribution in [0, 0.1) is 19.8 Å². The molecule has 8 heteroatoms. The number of carbonyl (C=O) groups excluding carboxylic acids is 2. The molecular formula is C22H25N5O2S. The highest BCUT2D eigenvalue weighted by Gasteiger charge is 2.21. The standard InChI is InChI=1S/C22H25N5O2S/c1-13(2)21(29)23-18-11-9-17(10-12-18)20(28)16(5)30-22-24-25-26-27(22)19-8-6-7-14(3)15(19)4/h6-13,16H,1-5H3,(H,23,29). The second-order valence-corrected chi connectivity index (χ2v) is 8.75. The number of hydrogen-bond acceptors (Lipinski definition) is 6. The molecule has 1 aromatic heterocycles. The summed E-state index contributed by atoms with van der Waals surface area (Å²) in [7, 11) is 0. The Bertz CT molecular complexity index is 1060. The van der Waals surface area contributed by atoms with Gasteiger partial charge in [-0.1, -0.05) is 37.7 Å². The Hall–Kier alpha value is -3.00. The zero-order chi connectivity index (χ0) is 21.8. The third-order valence-corrected chi connectivity index (χ3v) is 5.89. The Labute approximate surface area is 180 Å². The first-order valence-corrected chi connectivity index (χ1v) is 10.6. The minimum atomic E-state index is -0.379. The number of ketones is 1. The van der Waals surface area contributed by atoms with Crippen molar-refractivity contribution in [3.8, 4) is 5.69 Å². The van der Waals surface area contributed by atoms with Gasteiger partial charge < -0.3 is 5.32 Å². The predicted octanol–water partition coefficient (Wildman–Crippen LogP) is 4.24. The smallest absolute Gasteiger partial charge is 0.226 e. The normalized spacial score (nSPS) is 12.1. The quantitative estimate of drug-likeness (QED) is 0.452. The minimum absolute atomic E-state index is 0.0303. The molecule has 156 valence electrons. The van der Waals surface area contributed by atoms with E-state index in [-0.39, 0.29) is 22.9 Å². The molecule has 7 nitrogen and oxygen atoms in total. The highest BCUT2D eigenvalue weighted by atomic mass is 32.2. The first-order chi connectivity index (χ1) is 14.3. The van der Waals surface area contributed by atoms with Crippen LogP contribution in [0.2, 0.25) is 0 Å². The molecule has 1 heterocycles. The van der Waals surface area contributed by atoms with Crippen LogP contribution in [0.5, 0.6) is 0 Å². The third-order valence-electron chi connectivity index (χ3n) is 4.86. The number of Topliss-reactive ketones (excluding diaryl/α,β-unsaturated/α-hetero) is 1. The fourth-order valence-electron chi connectivity index (χ4n) is 2.82. The predicted molar refractivity (Wildman–Crippen MR) is 118 cm³/mol. The van der Waals surface area contributed by atoms with Crippen molar-refractivity contribution in [3.05, 3.63) is 59.2 Å². The van der Waals surface area contributed by atoms with Crippen molar-refractivity contribution in [2.24, 2.45) is 5.92 Å². The van der Waals surface area contributed by atoms with Gasteiger partial charge in [-0.25, -0.2) is 0 Å². The summed E-state index contributed by atoms with van der Waals surface area (Å²) in [6.07, 6.45) is 0. The van der Waals surface area contributed by atoms with E-state index in [0.717, 1.165) is 16.8 Å². The summed E-state index contributed by atoms with van der Waals surface area (Å²) in [6, 6.07) is 12.9. The number of aromatic nitrogens is 4. The largest absolute Gasteiger partial charge is 0.326 e. The van der Waals surface area contributed by atoms with Crippen LogP contribution in [-0.4, -0.2) is 37.1 Å². The number of aryl methyl sites for hydroxylation is 1. The SMILES string of the molecule is Cc1cccc(-n2nnnc2SC(C)C(=O)c2ccc(NC(=O)C(C)C)cc2)c1C. The van der Waals surface area contributed by atoms with Crippen LogP contribution in [-0.2, 0) is 4.79 Å². The van der Waals surface area contributed by atoms with E-state index >= 15 is 0 Å². The summed E-state index contributed by atoms with van der Waals surface area (Å²) in [5.41, 5.74) is 4.37. The highest BCUT2D eigenvalue weighted by Crippen LogP contribution is 2.27. The lowest BCUT2D eigenvalue weighted by Gasteiger charge is -2.13.